The molecule has 37 heavy (non-hydrogen) atoms. The van der Waals surface area contributed by atoms with Crippen LogP contribution in [0, 0.1) is 5.82 Å². The maximum atomic E-state index is 14.8. The molecule has 186 valence electrons. The van der Waals surface area contributed by atoms with Gasteiger partial charge in [-0.2, -0.15) is 0 Å². The molecule has 1 saturated heterocycles. The number of benzene rings is 1. The van der Waals surface area contributed by atoms with E-state index in [1.54, 1.807) is 17.3 Å². The number of anilines is 2. The van der Waals surface area contributed by atoms with Crippen LogP contribution in [0.5, 0.6) is 0 Å². The molecule has 0 bridgehead atoms. The number of nitrogens with one attached hydrogen (secondary N) is 1. The molecule has 6 rings (SSSR count). The maximum absolute atomic E-state index is 14.8. The van der Waals surface area contributed by atoms with Crippen molar-refractivity contribution in [2.45, 2.75) is 5.92 Å². The number of carbonyl (C=O) groups excluding carboxylic acids is 2. The first-order valence-electron chi connectivity index (χ1n) is 12.0. The summed E-state index contributed by atoms with van der Waals surface area (Å²) in [5.41, 5.74) is 2.57. The number of Topliss-reactive ketones (excluding diaryl/α,β-unsaturated/α-hetero) is 1. The van der Waals surface area contributed by atoms with E-state index in [1.165, 1.54) is 10.9 Å². The summed E-state index contributed by atoms with van der Waals surface area (Å²) >= 11 is 0. The van der Waals surface area contributed by atoms with Crippen LogP contribution in [0.4, 0.5) is 15.9 Å². The van der Waals surface area contributed by atoms with E-state index in [4.69, 9.17) is 0 Å². The smallest absolute Gasteiger partial charge is 0.290 e. The molecular weight excluding hydrogens is 475 g/mol. The number of piperazine rings is 1. The lowest BCUT2D eigenvalue weighted by Gasteiger charge is -2.36. The van der Waals surface area contributed by atoms with Gasteiger partial charge in [0.05, 0.1) is 30.2 Å². The van der Waals surface area contributed by atoms with Gasteiger partial charge in [-0.05, 0) is 17.7 Å². The Morgan fingerprint density at radius 1 is 0.946 bits per heavy atom. The quantitative estimate of drug-likeness (QED) is 0.418. The van der Waals surface area contributed by atoms with Gasteiger partial charge in [-0.25, -0.2) is 19.0 Å². The molecule has 1 fully saturated rings. The topological polar surface area (TPSA) is 109 Å². The summed E-state index contributed by atoms with van der Waals surface area (Å²) in [6.07, 6.45) is 5.85. The van der Waals surface area contributed by atoms with Crippen molar-refractivity contribution in [3.63, 3.8) is 0 Å². The van der Waals surface area contributed by atoms with Crippen LogP contribution in [0.15, 0.2) is 67.3 Å². The summed E-state index contributed by atoms with van der Waals surface area (Å²) in [4.78, 5) is 38.8. The van der Waals surface area contributed by atoms with Crippen LogP contribution in [0.3, 0.4) is 0 Å². The lowest BCUT2D eigenvalue weighted by atomic mass is 9.96. The van der Waals surface area contributed by atoms with Crippen LogP contribution in [-0.2, 0) is 9.59 Å². The fourth-order valence-electron chi connectivity index (χ4n) is 4.95. The van der Waals surface area contributed by atoms with Gasteiger partial charge in [0.25, 0.3) is 5.91 Å². The first kappa shape index (κ1) is 22.8. The van der Waals surface area contributed by atoms with Crippen LogP contribution < -0.4 is 10.2 Å². The summed E-state index contributed by atoms with van der Waals surface area (Å²) < 4.78 is 16.2. The fraction of sp³-hybridized carbons (Fsp3) is 0.231. The van der Waals surface area contributed by atoms with E-state index < -0.39 is 23.4 Å². The molecular formula is C26H23FN8O2. The Kier molecular flexibility index (Phi) is 5.79. The van der Waals surface area contributed by atoms with Gasteiger partial charge in [0, 0.05) is 50.0 Å². The largest absolute Gasteiger partial charge is 0.381 e. The normalized spacial score (nSPS) is 16.8. The van der Waals surface area contributed by atoms with Crippen molar-refractivity contribution in [2.24, 2.45) is 0 Å². The number of ketones is 1. The molecule has 5 heterocycles. The van der Waals surface area contributed by atoms with Gasteiger partial charge < -0.3 is 15.1 Å². The molecule has 1 N–H and O–H groups in total. The maximum Gasteiger partial charge on any atom is 0.290 e. The summed E-state index contributed by atoms with van der Waals surface area (Å²) in [5, 5.41) is 10.7. The average Bonchev–Trinajstić information content (AvgIpc) is 3.65. The highest BCUT2D eigenvalue weighted by Gasteiger charge is 2.39. The van der Waals surface area contributed by atoms with Gasteiger partial charge in [-0.3, -0.25) is 9.59 Å². The van der Waals surface area contributed by atoms with Crippen LogP contribution in [0.1, 0.15) is 11.5 Å². The number of hydrogen-bond donors (Lipinski definition) is 1. The van der Waals surface area contributed by atoms with E-state index in [0.717, 1.165) is 23.1 Å². The van der Waals surface area contributed by atoms with E-state index in [-0.39, 0.29) is 12.1 Å². The Morgan fingerprint density at radius 3 is 2.51 bits per heavy atom. The van der Waals surface area contributed by atoms with Crippen LogP contribution in [0.2, 0.25) is 0 Å². The number of aromatic nitrogens is 5. The number of hydrogen-bond acceptors (Lipinski definition) is 8. The highest BCUT2D eigenvalue weighted by atomic mass is 19.1. The standard InChI is InChI=1S/C26H23FN8O2/c27-20-16-30-25(35-10-9-31-32-35)22-21(20)19(15-29-22)23(36)26(37)34-13-11-33(12-14-34)24-18(7-4-8-28-24)17-5-2-1-3-6-17/h1-10,16,19,29H,11-15H2. The van der Waals surface area contributed by atoms with Gasteiger partial charge >= 0.3 is 0 Å². The molecule has 3 aromatic heterocycles. The fourth-order valence-corrected chi connectivity index (χ4v) is 4.95. The van der Waals surface area contributed by atoms with Crippen LogP contribution in [-0.4, -0.2) is 74.3 Å². The molecule has 11 heteroatoms. The summed E-state index contributed by atoms with van der Waals surface area (Å²) in [6.45, 7) is 1.91. The Balaban J connectivity index is 1.18. The average molecular weight is 499 g/mol. The zero-order chi connectivity index (χ0) is 25.4. The SMILES string of the molecule is O=C(C(=O)N1CCN(c2ncccc2-c2ccccc2)CC1)C1CNc2c(-n3ccnn3)ncc(F)c21. The molecule has 1 aromatic carbocycles. The van der Waals surface area contributed by atoms with E-state index >= 15 is 0 Å². The van der Waals surface area contributed by atoms with Crippen molar-refractivity contribution in [1.29, 1.82) is 0 Å². The molecule has 0 saturated carbocycles. The van der Waals surface area contributed by atoms with Crippen molar-refractivity contribution in [2.75, 3.05) is 42.9 Å². The second-order valence-electron chi connectivity index (χ2n) is 8.88. The zero-order valence-electron chi connectivity index (χ0n) is 19.8. The van der Waals surface area contributed by atoms with Crippen molar-refractivity contribution in [3.8, 4) is 16.9 Å². The molecule has 2 aliphatic heterocycles. The molecule has 0 aliphatic carbocycles. The van der Waals surface area contributed by atoms with Crippen LogP contribution >= 0.6 is 0 Å². The Hall–Kier alpha value is -4.67. The van der Waals surface area contributed by atoms with Crippen molar-refractivity contribution >= 4 is 23.2 Å². The van der Waals surface area contributed by atoms with Gasteiger partial charge in [0.1, 0.15) is 11.6 Å². The van der Waals surface area contributed by atoms with E-state index in [9.17, 15) is 14.0 Å². The van der Waals surface area contributed by atoms with E-state index in [0.29, 0.717) is 37.7 Å². The number of carbonyl (C=O) groups is 2. The first-order valence-corrected chi connectivity index (χ1v) is 12.0. The molecule has 2 aliphatic rings. The Labute approximate surface area is 211 Å². The summed E-state index contributed by atoms with van der Waals surface area (Å²) in [5.74, 6) is -1.65. The van der Waals surface area contributed by atoms with Crippen LogP contribution in [0.25, 0.3) is 16.9 Å². The lowest BCUT2D eigenvalue weighted by Crippen LogP contribution is -2.51. The van der Waals surface area contributed by atoms with Crippen molar-refractivity contribution in [3.05, 3.63) is 78.6 Å². The highest BCUT2D eigenvalue weighted by molar-refractivity contribution is 6.38. The second-order valence-corrected chi connectivity index (χ2v) is 8.88. The number of nitrogens with zero attached hydrogens (tertiary/aromatic N) is 7. The predicted octanol–water partition coefficient (Wildman–Crippen LogP) is 2.29. The molecule has 4 aromatic rings. The minimum Gasteiger partial charge on any atom is -0.381 e. The minimum atomic E-state index is -0.939. The molecule has 1 atom stereocenters. The third kappa shape index (κ3) is 4.07. The summed E-state index contributed by atoms with van der Waals surface area (Å²) in [7, 11) is 0. The number of halogens is 1. The van der Waals surface area contributed by atoms with Gasteiger partial charge in [-0.15, -0.1) is 5.10 Å². The number of pyridine rings is 2. The van der Waals surface area contributed by atoms with E-state index in [2.05, 4.69) is 30.5 Å². The minimum absolute atomic E-state index is 0.110. The predicted molar refractivity (Wildman–Crippen MR) is 134 cm³/mol. The monoisotopic (exact) mass is 498 g/mol. The van der Waals surface area contributed by atoms with Gasteiger partial charge in [-0.1, -0.05) is 35.5 Å². The highest BCUT2D eigenvalue weighted by Crippen LogP contribution is 2.37. The Bertz CT molecular complexity index is 1450. The molecule has 0 radical (unpaired) electrons. The van der Waals surface area contributed by atoms with Crippen molar-refractivity contribution < 1.29 is 14.0 Å². The van der Waals surface area contributed by atoms with Gasteiger partial charge in [0.2, 0.25) is 5.78 Å². The lowest BCUT2D eigenvalue weighted by molar-refractivity contribution is -0.145. The molecule has 0 spiro atoms. The number of rotatable bonds is 5. The third-order valence-electron chi connectivity index (χ3n) is 6.79. The molecule has 1 amide bonds. The first-order chi connectivity index (χ1) is 18.1. The van der Waals surface area contributed by atoms with Gasteiger partial charge in [0.15, 0.2) is 5.82 Å². The zero-order valence-corrected chi connectivity index (χ0v) is 19.8. The number of fused-ring (bicyclic) bond motifs is 1. The van der Waals surface area contributed by atoms with Crippen molar-refractivity contribution in [1.82, 2.24) is 29.9 Å². The molecule has 1 unspecified atom stereocenters. The third-order valence-corrected chi connectivity index (χ3v) is 6.79. The Morgan fingerprint density at radius 2 is 1.76 bits per heavy atom. The molecule has 10 nitrogen and oxygen atoms in total. The van der Waals surface area contributed by atoms with E-state index in [1.807, 2.05) is 42.5 Å². The second kappa shape index (κ2) is 9.41. The summed E-state index contributed by atoms with van der Waals surface area (Å²) in [6, 6.07) is 13.9. The number of amides is 1.